The molecule has 2 atom stereocenters. The fraction of sp³-hybridized carbons (Fsp3) is 0.318. The molecule has 7 nitrogen and oxygen atoms in total. The lowest BCUT2D eigenvalue weighted by Gasteiger charge is -2.30. The molecule has 1 saturated heterocycles. The van der Waals surface area contributed by atoms with Gasteiger partial charge in [-0.25, -0.2) is 4.79 Å². The molecule has 1 heterocycles. The number of rotatable bonds is 6. The fourth-order valence-electron chi connectivity index (χ4n) is 3.76. The molecule has 0 bridgehead atoms. The molecular formula is C22H24N2O5. The Morgan fingerprint density at radius 3 is 2.45 bits per heavy atom. The normalized spacial score (nSPS) is 20.8. The molecule has 0 unspecified atom stereocenters. The molecule has 0 saturated carbocycles. The van der Waals surface area contributed by atoms with E-state index in [2.05, 4.69) is 0 Å². The summed E-state index contributed by atoms with van der Waals surface area (Å²) >= 11 is 0. The Labute approximate surface area is 169 Å². The third kappa shape index (κ3) is 4.63. The maximum absolute atomic E-state index is 11.9. The van der Waals surface area contributed by atoms with Gasteiger partial charge in [0.1, 0.15) is 11.8 Å². The van der Waals surface area contributed by atoms with E-state index >= 15 is 0 Å². The van der Waals surface area contributed by atoms with Crippen LogP contribution in [0, 0.1) is 10.1 Å². The number of carboxylic acid groups (broad SMARTS) is 1. The first-order chi connectivity index (χ1) is 13.8. The predicted molar refractivity (Wildman–Crippen MR) is 109 cm³/mol. The lowest BCUT2D eigenvalue weighted by molar-refractivity contribution is -0.384. The summed E-state index contributed by atoms with van der Waals surface area (Å²) in [5, 5.41) is 20.5. The van der Waals surface area contributed by atoms with Crippen LogP contribution in [-0.2, 0) is 4.74 Å². The van der Waals surface area contributed by atoms with E-state index in [1.807, 2.05) is 42.5 Å². The number of nitro groups is 1. The van der Waals surface area contributed by atoms with Crippen molar-refractivity contribution in [3.8, 4) is 0 Å². The van der Waals surface area contributed by atoms with Crippen molar-refractivity contribution in [1.82, 2.24) is 4.90 Å². The molecule has 1 N–H and O–H groups in total. The maximum atomic E-state index is 11.9. The molecule has 0 radical (unpaired) electrons. The molecule has 0 aromatic heterocycles. The first kappa shape index (κ1) is 20.5. The molecule has 0 aliphatic carbocycles. The molecular weight excluding hydrogens is 372 g/mol. The molecule has 3 rings (SSSR count). The number of allylic oxidation sites excluding steroid dienone is 1. The van der Waals surface area contributed by atoms with E-state index < -0.39 is 16.7 Å². The summed E-state index contributed by atoms with van der Waals surface area (Å²) in [5.41, 5.74) is 0.941. The number of benzene rings is 2. The Morgan fingerprint density at radius 1 is 1.21 bits per heavy atom. The van der Waals surface area contributed by atoms with Crippen molar-refractivity contribution >= 4 is 17.9 Å². The summed E-state index contributed by atoms with van der Waals surface area (Å²) in [5.74, 6) is 0. The van der Waals surface area contributed by atoms with Crippen molar-refractivity contribution < 1.29 is 19.6 Å². The van der Waals surface area contributed by atoms with Gasteiger partial charge in [-0.1, -0.05) is 42.5 Å². The van der Waals surface area contributed by atoms with Gasteiger partial charge < -0.3 is 9.84 Å². The van der Waals surface area contributed by atoms with Crippen molar-refractivity contribution in [3.05, 3.63) is 81.9 Å². The van der Waals surface area contributed by atoms with Crippen molar-refractivity contribution in [2.75, 3.05) is 0 Å². The average molecular weight is 396 g/mol. The van der Waals surface area contributed by atoms with Crippen molar-refractivity contribution in [2.24, 2.45) is 0 Å². The predicted octanol–water partition coefficient (Wildman–Crippen LogP) is 5.24. The highest BCUT2D eigenvalue weighted by molar-refractivity contribution is 5.67. The van der Waals surface area contributed by atoms with Crippen LogP contribution in [0.5, 0.6) is 0 Å². The van der Waals surface area contributed by atoms with Gasteiger partial charge in [0.25, 0.3) is 5.69 Å². The van der Waals surface area contributed by atoms with Crippen LogP contribution >= 0.6 is 0 Å². The van der Waals surface area contributed by atoms with Crippen LogP contribution in [0.1, 0.15) is 43.9 Å². The Bertz CT molecular complexity index is 893. The van der Waals surface area contributed by atoms with Gasteiger partial charge in [-0.3, -0.25) is 15.0 Å². The van der Waals surface area contributed by atoms with E-state index in [0.29, 0.717) is 12.8 Å². The molecule has 1 aliphatic rings. The summed E-state index contributed by atoms with van der Waals surface area (Å²) in [4.78, 5) is 23.6. The minimum Gasteiger partial charge on any atom is -0.465 e. The van der Waals surface area contributed by atoms with E-state index in [0.717, 1.165) is 11.1 Å². The van der Waals surface area contributed by atoms with Crippen LogP contribution < -0.4 is 0 Å². The highest BCUT2D eigenvalue weighted by Crippen LogP contribution is 2.42. The number of carbonyl (C=O) groups is 1. The van der Waals surface area contributed by atoms with Crippen LogP contribution in [-0.4, -0.2) is 32.8 Å². The second-order valence-electron chi connectivity index (χ2n) is 7.44. The lowest BCUT2D eigenvalue weighted by atomic mass is 9.97. The van der Waals surface area contributed by atoms with E-state index in [-0.39, 0.29) is 17.8 Å². The third-order valence-electron chi connectivity index (χ3n) is 5.05. The number of amides is 1. The van der Waals surface area contributed by atoms with Crippen LogP contribution in [0.4, 0.5) is 10.5 Å². The maximum Gasteiger partial charge on any atom is 0.409 e. The molecule has 1 aliphatic heterocycles. The van der Waals surface area contributed by atoms with E-state index in [1.165, 1.54) is 17.0 Å². The van der Waals surface area contributed by atoms with Crippen LogP contribution in [0.25, 0.3) is 6.08 Å². The average Bonchev–Trinajstić information content (AvgIpc) is 2.97. The molecule has 2 aromatic carbocycles. The van der Waals surface area contributed by atoms with Gasteiger partial charge in [0.05, 0.1) is 11.0 Å². The molecule has 152 valence electrons. The van der Waals surface area contributed by atoms with Crippen LogP contribution in [0.3, 0.4) is 0 Å². The first-order valence-electron chi connectivity index (χ1n) is 9.45. The van der Waals surface area contributed by atoms with E-state index in [9.17, 15) is 20.0 Å². The van der Waals surface area contributed by atoms with Crippen molar-refractivity contribution in [3.63, 3.8) is 0 Å². The van der Waals surface area contributed by atoms with Crippen molar-refractivity contribution in [1.29, 1.82) is 0 Å². The summed E-state index contributed by atoms with van der Waals surface area (Å²) < 4.78 is 6.13. The number of hydrogen-bond acceptors (Lipinski definition) is 4. The van der Waals surface area contributed by atoms with Crippen LogP contribution in [0.2, 0.25) is 0 Å². The number of nitrogens with zero attached hydrogens (tertiary/aromatic N) is 2. The minimum atomic E-state index is -1.00. The lowest BCUT2D eigenvalue weighted by Crippen LogP contribution is -2.47. The zero-order valence-electron chi connectivity index (χ0n) is 16.4. The van der Waals surface area contributed by atoms with Gasteiger partial charge in [-0.2, -0.15) is 0 Å². The fourth-order valence-corrected chi connectivity index (χ4v) is 3.76. The molecule has 0 spiro atoms. The minimum absolute atomic E-state index is 0.0512. The van der Waals surface area contributed by atoms with Gasteiger partial charge >= 0.3 is 6.09 Å². The van der Waals surface area contributed by atoms with E-state index in [4.69, 9.17) is 4.74 Å². The van der Waals surface area contributed by atoms with Crippen molar-refractivity contribution in [2.45, 2.75) is 44.6 Å². The Balaban J connectivity index is 1.73. The Hall–Kier alpha value is -3.19. The second-order valence-corrected chi connectivity index (χ2v) is 7.44. The summed E-state index contributed by atoms with van der Waals surface area (Å²) in [6, 6.07) is 15.6. The van der Waals surface area contributed by atoms with Gasteiger partial charge in [-0.15, -0.1) is 0 Å². The zero-order valence-corrected chi connectivity index (χ0v) is 16.4. The number of hydrogen-bond donors (Lipinski definition) is 1. The van der Waals surface area contributed by atoms with Crippen LogP contribution in [0.15, 0.2) is 60.7 Å². The highest BCUT2D eigenvalue weighted by atomic mass is 16.6. The number of non-ortho nitro benzene ring substituents is 1. The SMILES string of the molecule is CC1(C)O[C@H](c2ccccc2)[C@@H](CC/C=C/c2ccc([N+](=O)[O-])cc2)N1C(=O)O. The largest absolute Gasteiger partial charge is 0.465 e. The molecule has 1 amide bonds. The Morgan fingerprint density at radius 2 is 1.86 bits per heavy atom. The Kier molecular flexibility index (Phi) is 5.98. The smallest absolute Gasteiger partial charge is 0.409 e. The highest BCUT2D eigenvalue weighted by Gasteiger charge is 2.50. The second kappa shape index (κ2) is 8.45. The van der Waals surface area contributed by atoms with Gasteiger partial charge in [0, 0.05) is 12.1 Å². The van der Waals surface area contributed by atoms with E-state index in [1.54, 1.807) is 26.0 Å². The topological polar surface area (TPSA) is 92.9 Å². The summed E-state index contributed by atoms with van der Waals surface area (Å²) in [6.07, 6.45) is 3.74. The number of nitro benzene ring substituents is 1. The number of ether oxygens (including phenoxy) is 1. The molecule has 2 aromatic rings. The molecule has 1 fully saturated rings. The van der Waals surface area contributed by atoms with Gasteiger partial charge in [-0.05, 0) is 49.9 Å². The monoisotopic (exact) mass is 396 g/mol. The van der Waals surface area contributed by atoms with Gasteiger partial charge in [0.2, 0.25) is 0 Å². The van der Waals surface area contributed by atoms with Gasteiger partial charge in [0.15, 0.2) is 0 Å². The standard InChI is InChI=1S/C22H24N2O5/c1-22(2)23(21(25)26)19(20(29-22)17-9-4-3-5-10-17)11-7-6-8-16-12-14-18(15-13-16)24(27)28/h3-6,8-10,12-15,19-20H,7,11H2,1-2H3,(H,25,26)/b8-6+/t19-,20-/m1/s1. The summed E-state index contributed by atoms with van der Waals surface area (Å²) in [7, 11) is 0. The third-order valence-corrected chi connectivity index (χ3v) is 5.05. The summed E-state index contributed by atoms with van der Waals surface area (Å²) in [6.45, 7) is 3.54. The zero-order chi connectivity index (χ0) is 21.0. The quantitative estimate of drug-likeness (QED) is 0.532. The molecule has 29 heavy (non-hydrogen) atoms. The molecule has 7 heteroatoms. The first-order valence-corrected chi connectivity index (χ1v) is 9.45.